The Hall–Kier alpha value is -3.68. The van der Waals surface area contributed by atoms with Crippen LogP contribution in [0.2, 0.25) is 0 Å². The third kappa shape index (κ3) is 8.30. The molecule has 0 heterocycles. The molecule has 164 valence electrons. The summed E-state index contributed by atoms with van der Waals surface area (Å²) in [5.41, 5.74) is 6.16. The molecule has 0 bridgehead atoms. The summed E-state index contributed by atoms with van der Waals surface area (Å²) in [4.78, 5) is 24.3. The Bertz CT molecular complexity index is 933. The molecule has 2 aromatic carbocycles. The highest BCUT2D eigenvalue weighted by Gasteiger charge is 2.06. The van der Waals surface area contributed by atoms with E-state index in [0.717, 1.165) is 0 Å². The topological polar surface area (TPSA) is 101 Å². The number of rotatable bonds is 9. The van der Waals surface area contributed by atoms with E-state index in [1.165, 1.54) is 6.21 Å². The molecule has 2 rings (SSSR count). The lowest BCUT2D eigenvalue weighted by Crippen LogP contribution is -2.21. The van der Waals surface area contributed by atoms with E-state index in [0.29, 0.717) is 28.3 Å². The van der Waals surface area contributed by atoms with E-state index in [9.17, 15) is 9.59 Å². The smallest absolute Gasteiger partial charge is 0.271 e. The Morgan fingerprint density at radius 2 is 1.19 bits per heavy atom. The maximum atomic E-state index is 12.2. The Balaban J connectivity index is 1.84. The van der Waals surface area contributed by atoms with Crippen molar-refractivity contribution in [2.75, 3.05) is 0 Å². The van der Waals surface area contributed by atoms with E-state index in [4.69, 9.17) is 9.47 Å². The number of hydrogen-bond donors (Lipinski definition) is 2. The summed E-state index contributed by atoms with van der Waals surface area (Å²) in [7, 11) is 0. The second-order valence-electron chi connectivity index (χ2n) is 7.28. The third-order valence-electron chi connectivity index (χ3n) is 3.73. The van der Waals surface area contributed by atoms with E-state index in [1.807, 2.05) is 27.7 Å². The molecule has 0 aliphatic heterocycles. The zero-order chi connectivity index (χ0) is 22.8. The molecule has 0 saturated heterocycles. The molecule has 0 atom stereocenters. The first kappa shape index (κ1) is 23.6. The van der Waals surface area contributed by atoms with Crippen molar-refractivity contribution >= 4 is 23.7 Å². The van der Waals surface area contributed by atoms with Crippen LogP contribution in [0, 0.1) is 0 Å². The van der Waals surface area contributed by atoms with Crippen LogP contribution in [0.3, 0.4) is 0 Å². The van der Waals surface area contributed by atoms with Crippen LogP contribution in [0.1, 0.15) is 55.3 Å². The number of carbonyl (C=O) groups excluding carboxylic acids is 2. The highest BCUT2D eigenvalue weighted by Crippen LogP contribution is 2.14. The Kier molecular flexibility index (Phi) is 8.75. The number of carbonyl (C=O) groups is 2. The fraction of sp³-hybridized carbons (Fsp3) is 0.304. The molecule has 2 amide bonds. The van der Waals surface area contributed by atoms with Crippen molar-refractivity contribution in [3.05, 3.63) is 59.7 Å². The number of amides is 2. The van der Waals surface area contributed by atoms with Crippen LogP contribution in [0.4, 0.5) is 0 Å². The SMILES string of the molecule is CC(C=NNC(=O)c1ccc(OC(C)C)cc1)=NNC(=O)c1ccc(OC(C)C)cc1. The first-order valence-corrected chi connectivity index (χ1v) is 9.96. The summed E-state index contributed by atoms with van der Waals surface area (Å²) < 4.78 is 11.1. The average Bonchev–Trinajstić information content (AvgIpc) is 2.72. The minimum absolute atomic E-state index is 0.0601. The van der Waals surface area contributed by atoms with E-state index < -0.39 is 0 Å². The zero-order valence-corrected chi connectivity index (χ0v) is 18.4. The van der Waals surface area contributed by atoms with Crippen LogP contribution in [-0.2, 0) is 0 Å². The molecular formula is C23H28N4O4. The monoisotopic (exact) mass is 424 g/mol. The van der Waals surface area contributed by atoms with Crippen LogP contribution in [0.25, 0.3) is 0 Å². The van der Waals surface area contributed by atoms with E-state index in [2.05, 4.69) is 21.1 Å². The average molecular weight is 425 g/mol. The molecule has 0 aromatic heterocycles. The second kappa shape index (κ2) is 11.5. The van der Waals surface area contributed by atoms with Crippen molar-refractivity contribution in [3.8, 4) is 11.5 Å². The highest BCUT2D eigenvalue weighted by atomic mass is 16.5. The van der Waals surface area contributed by atoms with E-state index >= 15 is 0 Å². The summed E-state index contributed by atoms with van der Waals surface area (Å²) in [6.45, 7) is 9.37. The number of hydrogen-bond acceptors (Lipinski definition) is 6. The van der Waals surface area contributed by atoms with Crippen LogP contribution in [-0.4, -0.2) is 35.9 Å². The molecule has 2 aromatic rings. The molecule has 0 fully saturated rings. The fourth-order valence-electron chi connectivity index (χ4n) is 2.40. The first-order valence-electron chi connectivity index (χ1n) is 9.96. The molecule has 0 saturated carbocycles. The lowest BCUT2D eigenvalue weighted by molar-refractivity contribution is 0.0946. The van der Waals surface area contributed by atoms with Crippen LogP contribution in [0.5, 0.6) is 11.5 Å². The number of benzene rings is 2. The third-order valence-corrected chi connectivity index (χ3v) is 3.73. The van der Waals surface area contributed by atoms with E-state index in [1.54, 1.807) is 55.5 Å². The fourth-order valence-corrected chi connectivity index (χ4v) is 2.40. The van der Waals surface area contributed by atoms with Gasteiger partial charge in [-0.3, -0.25) is 9.59 Å². The van der Waals surface area contributed by atoms with Gasteiger partial charge in [0.1, 0.15) is 11.5 Å². The van der Waals surface area contributed by atoms with Crippen molar-refractivity contribution < 1.29 is 19.1 Å². The van der Waals surface area contributed by atoms with Crippen molar-refractivity contribution in [1.29, 1.82) is 0 Å². The minimum atomic E-state index is -0.368. The maximum absolute atomic E-state index is 12.2. The van der Waals surface area contributed by atoms with Crippen LogP contribution < -0.4 is 20.3 Å². The van der Waals surface area contributed by atoms with Gasteiger partial charge in [-0.2, -0.15) is 10.2 Å². The Morgan fingerprint density at radius 1 is 0.774 bits per heavy atom. The van der Waals surface area contributed by atoms with Gasteiger partial charge >= 0.3 is 0 Å². The van der Waals surface area contributed by atoms with Gasteiger partial charge in [0.2, 0.25) is 0 Å². The summed E-state index contributed by atoms with van der Waals surface area (Å²) in [5.74, 6) is 0.650. The lowest BCUT2D eigenvalue weighted by Gasteiger charge is -2.09. The molecule has 0 spiro atoms. The summed E-state index contributed by atoms with van der Waals surface area (Å²) in [6, 6.07) is 13.5. The maximum Gasteiger partial charge on any atom is 0.271 e. The molecule has 8 heteroatoms. The molecular weight excluding hydrogens is 396 g/mol. The zero-order valence-electron chi connectivity index (χ0n) is 18.4. The number of ether oxygens (including phenoxy) is 2. The number of nitrogens with zero attached hydrogens (tertiary/aromatic N) is 2. The van der Waals surface area contributed by atoms with Crippen molar-refractivity contribution in [1.82, 2.24) is 10.9 Å². The predicted octanol–water partition coefficient (Wildman–Crippen LogP) is 3.78. The lowest BCUT2D eigenvalue weighted by atomic mass is 10.2. The summed E-state index contributed by atoms with van der Waals surface area (Å²) >= 11 is 0. The molecule has 0 unspecified atom stereocenters. The van der Waals surface area contributed by atoms with Gasteiger partial charge in [0.15, 0.2) is 0 Å². The Morgan fingerprint density at radius 3 is 1.61 bits per heavy atom. The largest absolute Gasteiger partial charge is 0.491 e. The van der Waals surface area contributed by atoms with Gasteiger partial charge in [0, 0.05) is 11.1 Å². The normalized spacial score (nSPS) is 11.6. The van der Waals surface area contributed by atoms with Gasteiger partial charge < -0.3 is 9.47 Å². The van der Waals surface area contributed by atoms with Crippen molar-refractivity contribution in [2.24, 2.45) is 10.2 Å². The van der Waals surface area contributed by atoms with E-state index in [-0.39, 0.29) is 24.0 Å². The summed E-state index contributed by atoms with van der Waals surface area (Å²) in [6.07, 6.45) is 1.46. The number of hydrazone groups is 2. The predicted molar refractivity (Wildman–Crippen MR) is 121 cm³/mol. The summed E-state index contributed by atoms with van der Waals surface area (Å²) in [5, 5.41) is 7.80. The van der Waals surface area contributed by atoms with Gasteiger partial charge in [0.05, 0.1) is 24.1 Å². The van der Waals surface area contributed by atoms with Gasteiger partial charge in [-0.25, -0.2) is 10.9 Å². The van der Waals surface area contributed by atoms with Gasteiger partial charge in [-0.15, -0.1) is 0 Å². The second-order valence-corrected chi connectivity index (χ2v) is 7.28. The number of nitrogens with one attached hydrogen (secondary N) is 2. The van der Waals surface area contributed by atoms with Crippen LogP contribution >= 0.6 is 0 Å². The van der Waals surface area contributed by atoms with Crippen molar-refractivity contribution in [2.45, 2.75) is 46.8 Å². The molecule has 0 aliphatic carbocycles. The van der Waals surface area contributed by atoms with Gasteiger partial charge in [-0.05, 0) is 83.1 Å². The molecule has 31 heavy (non-hydrogen) atoms. The van der Waals surface area contributed by atoms with Gasteiger partial charge in [0.25, 0.3) is 11.8 Å². The quantitative estimate of drug-likeness (QED) is 0.472. The van der Waals surface area contributed by atoms with Crippen molar-refractivity contribution in [3.63, 3.8) is 0 Å². The molecule has 0 radical (unpaired) electrons. The molecule has 0 aliphatic rings. The molecule has 2 N–H and O–H groups in total. The minimum Gasteiger partial charge on any atom is -0.491 e. The first-order chi connectivity index (χ1) is 14.7. The van der Waals surface area contributed by atoms with Gasteiger partial charge in [-0.1, -0.05) is 0 Å². The van der Waals surface area contributed by atoms with Crippen LogP contribution in [0.15, 0.2) is 58.7 Å². The Labute approximate surface area is 182 Å². The highest BCUT2D eigenvalue weighted by molar-refractivity contribution is 6.29. The molecule has 8 nitrogen and oxygen atoms in total. The standard InChI is InChI=1S/C23H28N4O4/c1-15(2)30-20-10-6-18(7-11-20)22(28)26-24-14-17(5)25-27-23(29)19-8-12-21(13-9-19)31-16(3)4/h6-16H,1-5H3,(H,26,28)(H,27,29).